The molecule has 3 saturated heterocycles. The molecule has 0 radical (unpaired) electrons. The van der Waals surface area contributed by atoms with E-state index in [2.05, 4.69) is 55.4 Å². The average molecular weight is 911 g/mol. The summed E-state index contributed by atoms with van der Waals surface area (Å²) in [5.41, 5.74) is -0.893. The minimum absolute atomic E-state index is 0.0494. The Kier molecular flexibility index (Phi) is 12.6. The van der Waals surface area contributed by atoms with Crippen LogP contribution in [0.5, 0.6) is 0 Å². The van der Waals surface area contributed by atoms with Gasteiger partial charge in [0.2, 0.25) is 0 Å². The molecule has 0 aromatic rings. The van der Waals surface area contributed by atoms with Crippen molar-refractivity contribution >= 4 is 11.8 Å². The van der Waals surface area contributed by atoms with Crippen molar-refractivity contribution in [3.05, 3.63) is 11.6 Å². The number of carbonyl (C=O) groups excluding carboxylic acids is 1. The highest BCUT2D eigenvalue weighted by Crippen LogP contribution is 2.75. The number of rotatable bonds is 7. The van der Waals surface area contributed by atoms with Crippen LogP contribution in [0.4, 0.5) is 0 Å². The fourth-order valence-electron chi connectivity index (χ4n) is 14.6. The van der Waals surface area contributed by atoms with Crippen LogP contribution in [0.15, 0.2) is 11.6 Å². The Morgan fingerprint density at radius 3 is 2.02 bits per heavy atom. The summed E-state index contributed by atoms with van der Waals surface area (Å²) in [5, 5.41) is 97.3. The fraction of sp³-hybridized carbons (Fsp3) is 0.915. The van der Waals surface area contributed by atoms with Gasteiger partial charge >= 0.3 is 5.97 Å². The van der Waals surface area contributed by atoms with Gasteiger partial charge < -0.3 is 74.4 Å². The molecule has 3 heterocycles. The van der Waals surface area contributed by atoms with Crippen molar-refractivity contribution in [3.8, 4) is 0 Å². The minimum atomic E-state index is -2.00. The molecule has 0 bridgehead atoms. The van der Waals surface area contributed by atoms with Crippen molar-refractivity contribution in [2.45, 2.75) is 212 Å². The molecule has 0 aromatic heterocycles. The third-order valence-electron chi connectivity index (χ3n) is 18.7. The number of ether oxygens (including phenoxy) is 6. The SMILES string of the molecule is CC1OC(OC2C(OC3C(OC4CCC5(C)C(CCC6(C)C5C(=O)C=C5C7CC(C)(C)CC(O)C7(C)CCC56C)C4(C)C)OC(C(=O)O)C(O)C3O)OCC(O)C2O)C(O)C(O)C1O. The molecule has 9 N–H and O–H groups in total. The first-order valence-electron chi connectivity index (χ1n) is 23.4. The second-order valence-corrected chi connectivity index (χ2v) is 23.3. The molecule has 8 aliphatic rings. The zero-order valence-electron chi connectivity index (χ0n) is 38.7. The van der Waals surface area contributed by atoms with E-state index in [0.717, 1.165) is 38.5 Å². The highest BCUT2D eigenvalue weighted by Gasteiger charge is 2.71. The lowest BCUT2D eigenvalue weighted by Gasteiger charge is -2.71. The Hall–Kier alpha value is -1.68. The molecule has 7 fully saturated rings. The van der Waals surface area contributed by atoms with Crippen LogP contribution in [0.3, 0.4) is 0 Å². The molecule has 17 nitrogen and oxygen atoms in total. The summed E-state index contributed by atoms with van der Waals surface area (Å²) in [5.74, 6) is -1.67. The topological polar surface area (TPSA) is 272 Å². The van der Waals surface area contributed by atoms with Gasteiger partial charge in [0.05, 0.1) is 24.9 Å². The first-order valence-corrected chi connectivity index (χ1v) is 23.4. The molecule has 0 spiro atoms. The van der Waals surface area contributed by atoms with Gasteiger partial charge in [0.25, 0.3) is 0 Å². The van der Waals surface area contributed by atoms with Gasteiger partial charge in [-0.25, -0.2) is 4.79 Å². The number of ketones is 1. The van der Waals surface area contributed by atoms with Gasteiger partial charge in [0.1, 0.15) is 54.9 Å². The van der Waals surface area contributed by atoms with Crippen LogP contribution in [-0.4, -0.2) is 163 Å². The summed E-state index contributed by atoms with van der Waals surface area (Å²) in [6, 6.07) is 0. The molecule has 3 aliphatic heterocycles. The number of hydrogen-bond donors (Lipinski definition) is 9. The highest BCUT2D eigenvalue weighted by atomic mass is 16.8. The number of carboxylic acids is 1. The Balaban J connectivity index is 1.06. The predicted octanol–water partition coefficient (Wildman–Crippen LogP) is 1.55. The van der Waals surface area contributed by atoms with Crippen LogP contribution in [-0.2, 0) is 38.0 Å². The van der Waals surface area contributed by atoms with Crippen molar-refractivity contribution in [3.63, 3.8) is 0 Å². The number of aliphatic hydroxyl groups excluding tert-OH is 8. The molecule has 23 atom stereocenters. The number of aliphatic hydroxyl groups is 8. The number of carbonyl (C=O) groups is 2. The van der Waals surface area contributed by atoms with E-state index in [4.69, 9.17) is 28.4 Å². The van der Waals surface area contributed by atoms with Crippen LogP contribution in [0.1, 0.15) is 114 Å². The molecular weight excluding hydrogens is 837 g/mol. The first kappa shape index (κ1) is 48.8. The van der Waals surface area contributed by atoms with Crippen LogP contribution in [0.25, 0.3) is 0 Å². The number of carboxylic acid groups (broad SMARTS) is 1. The van der Waals surface area contributed by atoms with Gasteiger partial charge in [-0.15, -0.1) is 0 Å². The molecule has 64 heavy (non-hydrogen) atoms. The quantitative estimate of drug-likeness (QED) is 0.164. The third kappa shape index (κ3) is 7.40. The second kappa shape index (κ2) is 16.5. The monoisotopic (exact) mass is 910 g/mol. The standard InChI is InChI=1S/C47H74O17/c1-20-28(51)30(53)33(56)39(60-20)63-35-29(52)24(49)19-59-40(35)64-36-32(55)31(54)34(38(57)58)62-41(36)61-27-11-12-45(7)25(43(27,4)5)10-13-47(9)37(45)23(48)16-21-22-17-42(2,3)18-26(50)44(22,6)14-15-46(21,47)8/h16,20,22,24-37,39-41,49-56H,10-15,17-19H2,1-9H3,(H,57,58). The average Bonchev–Trinajstić information content (AvgIpc) is 3.20. The zero-order valence-corrected chi connectivity index (χ0v) is 38.7. The van der Waals surface area contributed by atoms with E-state index >= 15 is 0 Å². The molecule has 8 rings (SSSR count). The van der Waals surface area contributed by atoms with Gasteiger partial charge in [-0.3, -0.25) is 4.79 Å². The molecule has 0 aromatic carbocycles. The molecular formula is C47H74O17. The molecule has 23 unspecified atom stereocenters. The second-order valence-electron chi connectivity index (χ2n) is 23.3. The van der Waals surface area contributed by atoms with E-state index < -0.39 is 122 Å². The summed E-state index contributed by atoms with van der Waals surface area (Å²) in [7, 11) is 0. The highest BCUT2D eigenvalue weighted by molar-refractivity contribution is 5.95. The number of aliphatic carboxylic acids is 1. The smallest absolute Gasteiger partial charge is 0.335 e. The summed E-state index contributed by atoms with van der Waals surface area (Å²) >= 11 is 0. The van der Waals surface area contributed by atoms with Gasteiger partial charge in [0, 0.05) is 11.3 Å². The summed E-state index contributed by atoms with van der Waals surface area (Å²) in [6.45, 7) is 18.7. The zero-order chi connectivity index (χ0) is 47.0. The maximum absolute atomic E-state index is 15.0. The lowest BCUT2D eigenvalue weighted by Crippen LogP contribution is -2.68. The van der Waals surface area contributed by atoms with E-state index in [1.165, 1.54) is 12.5 Å². The minimum Gasteiger partial charge on any atom is -0.479 e. The molecule has 5 aliphatic carbocycles. The molecule has 364 valence electrons. The van der Waals surface area contributed by atoms with E-state index in [1.54, 1.807) is 0 Å². The lowest BCUT2D eigenvalue weighted by molar-refractivity contribution is -0.386. The van der Waals surface area contributed by atoms with Gasteiger partial charge in [-0.1, -0.05) is 61.0 Å². The van der Waals surface area contributed by atoms with Crippen LogP contribution < -0.4 is 0 Å². The largest absolute Gasteiger partial charge is 0.479 e. The molecule has 4 saturated carbocycles. The van der Waals surface area contributed by atoms with Gasteiger partial charge in [0.15, 0.2) is 30.8 Å². The normalized spacial score (nSPS) is 54.7. The summed E-state index contributed by atoms with van der Waals surface area (Å²) < 4.78 is 36.0. The van der Waals surface area contributed by atoms with E-state index in [-0.39, 0.29) is 45.2 Å². The van der Waals surface area contributed by atoms with Crippen LogP contribution in [0, 0.1) is 50.2 Å². The Labute approximate surface area is 375 Å². The van der Waals surface area contributed by atoms with E-state index in [1.807, 2.05) is 6.08 Å². The lowest BCUT2D eigenvalue weighted by atomic mass is 9.33. The van der Waals surface area contributed by atoms with Crippen LogP contribution >= 0.6 is 0 Å². The fourth-order valence-corrected chi connectivity index (χ4v) is 14.6. The number of allylic oxidation sites excluding steroid dienone is 2. The van der Waals surface area contributed by atoms with Crippen molar-refractivity contribution in [2.75, 3.05) is 6.61 Å². The van der Waals surface area contributed by atoms with Crippen molar-refractivity contribution < 1.29 is 84.0 Å². The third-order valence-corrected chi connectivity index (χ3v) is 18.7. The van der Waals surface area contributed by atoms with Gasteiger partial charge in [-0.05, 0) is 103 Å². The number of hydrogen-bond acceptors (Lipinski definition) is 16. The number of fused-ring (bicyclic) bond motifs is 7. The Bertz CT molecular complexity index is 1820. The Morgan fingerprint density at radius 1 is 0.688 bits per heavy atom. The van der Waals surface area contributed by atoms with Gasteiger partial charge in [-0.2, -0.15) is 0 Å². The Morgan fingerprint density at radius 2 is 1.34 bits per heavy atom. The van der Waals surface area contributed by atoms with E-state index in [0.29, 0.717) is 12.8 Å². The maximum Gasteiger partial charge on any atom is 0.335 e. The summed E-state index contributed by atoms with van der Waals surface area (Å²) in [4.78, 5) is 27.4. The van der Waals surface area contributed by atoms with Crippen molar-refractivity contribution in [2.24, 2.45) is 50.2 Å². The summed E-state index contributed by atoms with van der Waals surface area (Å²) in [6.07, 6.45) is -16.4. The molecule has 17 heteroatoms. The predicted molar refractivity (Wildman–Crippen MR) is 224 cm³/mol. The molecule has 0 amide bonds. The van der Waals surface area contributed by atoms with Crippen LogP contribution in [0.2, 0.25) is 0 Å². The first-order chi connectivity index (χ1) is 29.6. The maximum atomic E-state index is 15.0. The van der Waals surface area contributed by atoms with Crippen molar-refractivity contribution in [1.82, 2.24) is 0 Å². The van der Waals surface area contributed by atoms with Crippen molar-refractivity contribution in [1.29, 1.82) is 0 Å². The van der Waals surface area contributed by atoms with E-state index in [9.17, 15) is 55.5 Å².